The molecule has 1 aromatic carbocycles. The van der Waals surface area contributed by atoms with Crippen LogP contribution in [0, 0.1) is 42.2 Å². The van der Waals surface area contributed by atoms with Gasteiger partial charge in [-0.05, 0) is 51.5 Å². The molecule has 0 aliphatic rings. The van der Waals surface area contributed by atoms with Crippen LogP contribution in [0.5, 0.6) is 5.75 Å². The van der Waals surface area contributed by atoms with E-state index in [9.17, 15) is 18.8 Å². The fourth-order valence-corrected chi connectivity index (χ4v) is 3.14. The molecule has 150 valence electrons. The zero-order chi connectivity index (χ0) is 21.3. The molecule has 0 radical (unpaired) electrons. The molecule has 0 saturated heterocycles. The van der Waals surface area contributed by atoms with Crippen LogP contribution in [0.2, 0.25) is 0 Å². The van der Waals surface area contributed by atoms with Crippen molar-refractivity contribution in [1.82, 2.24) is 9.38 Å². The summed E-state index contributed by atoms with van der Waals surface area (Å²) in [5, 5.41) is 9.23. The molecular weight excluding hydrogens is 376 g/mol. The summed E-state index contributed by atoms with van der Waals surface area (Å²) in [5.74, 6) is -1.28. The molecule has 0 amide bonds. The van der Waals surface area contributed by atoms with Crippen LogP contribution in [0.15, 0.2) is 30.5 Å². The molecule has 2 heterocycles. The average molecular weight is 397 g/mol. The number of ketones is 1. The SMILES string of the molecule is Cc1cc(OCc2c(F)cccc2F)c2nc(C)c(C(=O)CC(C)(C)C#N)n2c1. The molecule has 0 aliphatic heterocycles. The summed E-state index contributed by atoms with van der Waals surface area (Å²) in [4.78, 5) is 17.3. The lowest BCUT2D eigenvalue weighted by atomic mass is 9.88. The first-order valence-corrected chi connectivity index (χ1v) is 9.12. The summed E-state index contributed by atoms with van der Waals surface area (Å²) >= 11 is 0. The van der Waals surface area contributed by atoms with Crippen molar-refractivity contribution in [2.45, 2.75) is 40.7 Å². The second kappa shape index (κ2) is 7.63. The number of imidazole rings is 1. The molecule has 5 nitrogen and oxygen atoms in total. The van der Waals surface area contributed by atoms with Crippen LogP contribution in [-0.2, 0) is 6.61 Å². The maximum Gasteiger partial charge on any atom is 0.183 e. The van der Waals surface area contributed by atoms with Gasteiger partial charge in [0.25, 0.3) is 0 Å². The predicted octanol–water partition coefficient (Wildman–Crippen LogP) is 4.93. The lowest BCUT2D eigenvalue weighted by molar-refractivity contribution is 0.0945. The normalized spacial score (nSPS) is 11.5. The number of aromatic nitrogens is 2. The summed E-state index contributed by atoms with van der Waals surface area (Å²) in [6.07, 6.45) is 1.79. The first-order valence-electron chi connectivity index (χ1n) is 9.12. The number of nitriles is 1. The van der Waals surface area contributed by atoms with Gasteiger partial charge in [0, 0.05) is 12.6 Å². The van der Waals surface area contributed by atoms with Crippen molar-refractivity contribution in [3.63, 3.8) is 0 Å². The zero-order valence-corrected chi connectivity index (χ0v) is 16.7. The van der Waals surface area contributed by atoms with Crippen molar-refractivity contribution in [2.75, 3.05) is 0 Å². The van der Waals surface area contributed by atoms with Crippen LogP contribution in [0.4, 0.5) is 8.78 Å². The first kappa shape index (κ1) is 20.5. The highest BCUT2D eigenvalue weighted by Gasteiger charge is 2.26. The zero-order valence-electron chi connectivity index (χ0n) is 16.7. The van der Waals surface area contributed by atoms with Crippen molar-refractivity contribution in [3.05, 3.63) is 64.6 Å². The second-order valence-corrected chi connectivity index (χ2v) is 7.71. The Morgan fingerprint density at radius 2 is 1.93 bits per heavy atom. The Morgan fingerprint density at radius 1 is 1.28 bits per heavy atom. The molecule has 3 rings (SSSR count). The maximum atomic E-state index is 13.9. The van der Waals surface area contributed by atoms with Gasteiger partial charge in [0.15, 0.2) is 17.2 Å². The molecule has 0 spiro atoms. The predicted molar refractivity (Wildman–Crippen MR) is 104 cm³/mol. The van der Waals surface area contributed by atoms with Gasteiger partial charge in [0.05, 0.1) is 22.7 Å². The number of halogens is 2. The van der Waals surface area contributed by atoms with Crippen molar-refractivity contribution in [3.8, 4) is 11.8 Å². The number of fused-ring (bicyclic) bond motifs is 1. The smallest absolute Gasteiger partial charge is 0.183 e. The van der Waals surface area contributed by atoms with E-state index in [0.717, 1.165) is 5.56 Å². The molecule has 7 heteroatoms. The Hall–Kier alpha value is -3.27. The van der Waals surface area contributed by atoms with Crippen LogP contribution in [0.3, 0.4) is 0 Å². The Labute approximate surface area is 167 Å². The second-order valence-electron chi connectivity index (χ2n) is 7.71. The Bertz CT molecular complexity index is 1120. The van der Waals surface area contributed by atoms with E-state index in [1.807, 2.05) is 6.92 Å². The van der Waals surface area contributed by atoms with Crippen molar-refractivity contribution in [1.29, 1.82) is 5.26 Å². The minimum absolute atomic E-state index is 0.0443. The molecule has 3 aromatic rings. The number of carbonyl (C=O) groups excluding carboxylic acids is 1. The van der Waals surface area contributed by atoms with Gasteiger partial charge >= 0.3 is 0 Å². The van der Waals surface area contributed by atoms with Crippen molar-refractivity contribution < 1.29 is 18.3 Å². The lowest BCUT2D eigenvalue weighted by Crippen LogP contribution is -2.17. The van der Waals surface area contributed by atoms with Gasteiger partial charge in [-0.2, -0.15) is 5.26 Å². The molecule has 0 atom stereocenters. The number of hydrogen-bond acceptors (Lipinski definition) is 4. The van der Waals surface area contributed by atoms with E-state index in [0.29, 0.717) is 22.8 Å². The summed E-state index contributed by atoms with van der Waals surface area (Å²) in [6, 6.07) is 7.45. The standard InChI is InChI=1S/C22H21F2N3O2/c1-13-8-19(29-11-15-16(23)6-5-7-17(15)24)21-26-14(2)20(27(21)10-13)18(28)9-22(3,4)12-25/h5-8,10H,9,11H2,1-4H3. The summed E-state index contributed by atoms with van der Waals surface area (Å²) < 4.78 is 35.1. The Kier molecular flexibility index (Phi) is 5.38. The van der Waals surface area contributed by atoms with Crippen LogP contribution >= 0.6 is 0 Å². The van der Waals surface area contributed by atoms with Gasteiger partial charge in [-0.1, -0.05) is 6.07 Å². The van der Waals surface area contributed by atoms with Gasteiger partial charge in [0.1, 0.15) is 23.9 Å². The van der Waals surface area contributed by atoms with E-state index in [1.165, 1.54) is 18.2 Å². The molecule has 0 aliphatic carbocycles. The highest BCUT2D eigenvalue weighted by atomic mass is 19.1. The fraction of sp³-hybridized carbons (Fsp3) is 0.318. The number of pyridine rings is 1. The fourth-order valence-electron chi connectivity index (χ4n) is 3.14. The average Bonchev–Trinajstić information content (AvgIpc) is 2.96. The third kappa shape index (κ3) is 4.11. The van der Waals surface area contributed by atoms with E-state index >= 15 is 0 Å². The lowest BCUT2D eigenvalue weighted by Gasteiger charge is -2.14. The van der Waals surface area contributed by atoms with E-state index in [2.05, 4.69) is 11.1 Å². The van der Waals surface area contributed by atoms with E-state index in [-0.39, 0.29) is 24.4 Å². The van der Waals surface area contributed by atoms with E-state index in [4.69, 9.17) is 4.74 Å². The first-order chi connectivity index (χ1) is 13.6. The number of ether oxygens (including phenoxy) is 1. The van der Waals surface area contributed by atoms with Crippen LogP contribution < -0.4 is 4.74 Å². The Morgan fingerprint density at radius 3 is 2.55 bits per heavy atom. The number of nitrogens with zero attached hydrogens (tertiary/aromatic N) is 3. The summed E-state index contributed by atoms with van der Waals surface area (Å²) in [6.45, 7) is 6.61. The van der Waals surface area contributed by atoms with Gasteiger partial charge in [-0.15, -0.1) is 0 Å². The third-order valence-corrected chi connectivity index (χ3v) is 4.60. The molecule has 0 unspecified atom stereocenters. The van der Waals surface area contributed by atoms with E-state index < -0.39 is 17.0 Å². The molecule has 2 aromatic heterocycles. The largest absolute Gasteiger partial charge is 0.485 e. The van der Waals surface area contributed by atoms with Crippen molar-refractivity contribution in [2.24, 2.45) is 5.41 Å². The highest BCUT2D eigenvalue weighted by molar-refractivity contribution is 5.97. The monoisotopic (exact) mass is 397 g/mol. The number of carbonyl (C=O) groups is 1. The van der Waals surface area contributed by atoms with Crippen LogP contribution in [0.25, 0.3) is 5.65 Å². The molecular formula is C22H21F2N3O2. The summed E-state index contributed by atoms with van der Waals surface area (Å²) in [5.41, 5.74) is 1.04. The minimum Gasteiger partial charge on any atom is -0.485 e. The van der Waals surface area contributed by atoms with Gasteiger partial charge in [-0.25, -0.2) is 13.8 Å². The number of aryl methyl sites for hydroxylation is 2. The molecule has 0 saturated carbocycles. The molecule has 0 bridgehead atoms. The number of hydrogen-bond donors (Lipinski definition) is 0. The summed E-state index contributed by atoms with van der Waals surface area (Å²) in [7, 11) is 0. The molecule has 0 N–H and O–H groups in total. The molecule has 0 fully saturated rings. The topological polar surface area (TPSA) is 67.4 Å². The third-order valence-electron chi connectivity index (χ3n) is 4.60. The van der Waals surface area contributed by atoms with E-state index in [1.54, 1.807) is 37.4 Å². The van der Waals surface area contributed by atoms with Crippen molar-refractivity contribution >= 4 is 11.4 Å². The van der Waals surface area contributed by atoms with Crippen LogP contribution in [0.1, 0.15) is 47.6 Å². The molecule has 29 heavy (non-hydrogen) atoms. The van der Waals surface area contributed by atoms with Gasteiger partial charge < -0.3 is 4.74 Å². The number of benzene rings is 1. The maximum absolute atomic E-state index is 13.9. The minimum atomic E-state index is -0.806. The van der Waals surface area contributed by atoms with Crippen LogP contribution in [-0.4, -0.2) is 15.2 Å². The number of rotatable bonds is 6. The highest BCUT2D eigenvalue weighted by Crippen LogP contribution is 2.28. The Balaban J connectivity index is 2.01. The van der Waals surface area contributed by atoms with Gasteiger partial charge in [0.2, 0.25) is 0 Å². The van der Waals surface area contributed by atoms with Gasteiger partial charge in [-0.3, -0.25) is 9.20 Å². The quantitative estimate of drug-likeness (QED) is 0.553. The number of Topliss-reactive ketones (excluding diaryl/α,β-unsaturated/α-hetero) is 1.